The SMILES string of the molecule is Cc1cn(C)c(C)c1C1=CCC(c2[nH]c(=O)[nH]c(=O)c2Cc2ccccc2)CC1. The molecule has 29 heavy (non-hydrogen) atoms. The number of benzene rings is 1. The van der Waals surface area contributed by atoms with Crippen molar-refractivity contribution in [3.63, 3.8) is 0 Å². The first-order valence-electron chi connectivity index (χ1n) is 10.1. The van der Waals surface area contributed by atoms with E-state index >= 15 is 0 Å². The molecular weight excluding hydrogens is 362 g/mol. The van der Waals surface area contributed by atoms with Gasteiger partial charge in [-0.05, 0) is 49.8 Å². The molecule has 0 radical (unpaired) electrons. The summed E-state index contributed by atoms with van der Waals surface area (Å²) in [6, 6.07) is 9.91. The standard InChI is InChI=1S/C24H27N3O2/c1-15-14-27(3)16(2)21(15)18-9-11-19(12-10-18)22-20(23(28)26-24(29)25-22)13-17-7-5-4-6-8-17/h4-9,14,19H,10-13H2,1-3H3,(H2,25,26,28,29). The maximum absolute atomic E-state index is 12.6. The van der Waals surface area contributed by atoms with Crippen LogP contribution in [0.15, 0.2) is 52.2 Å². The molecule has 0 aliphatic heterocycles. The lowest BCUT2D eigenvalue weighted by Crippen LogP contribution is -2.30. The van der Waals surface area contributed by atoms with E-state index in [1.807, 2.05) is 30.3 Å². The molecule has 0 fully saturated rings. The number of H-pyrrole nitrogens is 2. The lowest BCUT2D eigenvalue weighted by molar-refractivity contribution is 0.595. The van der Waals surface area contributed by atoms with Gasteiger partial charge in [-0.3, -0.25) is 9.78 Å². The minimum atomic E-state index is -0.425. The van der Waals surface area contributed by atoms with E-state index in [0.717, 1.165) is 30.5 Å². The van der Waals surface area contributed by atoms with Crippen molar-refractivity contribution in [2.24, 2.45) is 7.05 Å². The maximum Gasteiger partial charge on any atom is 0.325 e. The van der Waals surface area contributed by atoms with Gasteiger partial charge in [-0.2, -0.15) is 0 Å². The van der Waals surface area contributed by atoms with E-state index in [1.165, 1.54) is 22.4 Å². The van der Waals surface area contributed by atoms with Crippen molar-refractivity contribution >= 4 is 5.57 Å². The lowest BCUT2D eigenvalue weighted by atomic mass is 9.82. The van der Waals surface area contributed by atoms with Crippen LogP contribution in [0.4, 0.5) is 0 Å². The van der Waals surface area contributed by atoms with Gasteiger partial charge in [0.15, 0.2) is 0 Å². The molecule has 4 rings (SSSR count). The highest BCUT2D eigenvalue weighted by Gasteiger charge is 2.24. The quantitative estimate of drug-likeness (QED) is 0.709. The van der Waals surface area contributed by atoms with Gasteiger partial charge in [0.25, 0.3) is 5.56 Å². The molecule has 2 heterocycles. The zero-order chi connectivity index (χ0) is 20.5. The van der Waals surface area contributed by atoms with Crippen LogP contribution in [0.1, 0.15) is 58.8 Å². The van der Waals surface area contributed by atoms with E-state index in [-0.39, 0.29) is 11.5 Å². The van der Waals surface area contributed by atoms with Gasteiger partial charge in [0, 0.05) is 48.1 Å². The molecule has 0 bridgehead atoms. The van der Waals surface area contributed by atoms with E-state index in [1.54, 1.807) is 0 Å². The first-order chi connectivity index (χ1) is 13.9. The highest BCUT2D eigenvalue weighted by Crippen LogP contribution is 2.38. The van der Waals surface area contributed by atoms with Crippen LogP contribution < -0.4 is 11.2 Å². The number of aromatic amines is 2. The van der Waals surface area contributed by atoms with Gasteiger partial charge in [0.1, 0.15) is 0 Å². The van der Waals surface area contributed by atoms with Crippen LogP contribution in [0.2, 0.25) is 0 Å². The summed E-state index contributed by atoms with van der Waals surface area (Å²) in [5, 5.41) is 0. The summed E-state index contributed by atoms with van der Waals surface area (Å²) < 4.78 is 2.17. The second kappa shape index (κ2) is 7.74. The number of hydrogen-bond donors (Lipinski definition) is 2. The first kappa shape index (κ1) is 19.2. The number of hydrogen-bond acceptors (Lipinski definition) is 2. The smallest absolute Gasteiger partial charge is 0.325 e. The number of aryl methyl sites for hydroxylation is 2. The Morgan fingerprint density at radius 1 is 1.10 bits per heavy atom. The number of nitrogens with zero attached hydrogens (tertiary/aromatic N) is 1. The number of rotatable bonds is 4. The Bertz CT molecular complexity index is 1180. The van der Waals surface area contributed by atoms with Crippen molar-refractivity contribution in [3.05, 3.63) is 97.1 Å². The third-order valence-electron chi connectivity index (χ3n) is 6.11. The highest BCUT2D eigenvalue weighted by molar-refractivity contribution is 5.71. The van der Waals surface area contributed by atoms with Gasteiger partial charge in [-0.15, -0.1) is 0 Å². The Balaban J connectivity index is 1.67. The summed E-state index contributed by atoms with van der Waals surface area (Å²) in [5.41, 5.74) is 7.11. The monoisotopic (exact) mass is 389 g/mol. The molecule has 0 saturated heterocycles. The van der Waals surface area contributed by atoms with Crippen LogP contribution in [-0.2, 0) is 13.5 Å². The van der Waals surface area contributed by atoms with Crippen LogP contribution in [-0.4, -0.2) is 14.5 Å². The molecule has 0 amide bonds. The molecule has 5 nitrogen and oxygen atoms in total. The molecule has 3 aromatic rings. The molecule has 1 unspecified atom stereocenters. The molecule has 0 spiro atoms. The Morgan fingerprint density at radius 2 is 1.86 bits per heavy atom. The van der Waals surface area contributed by atoms with Gasteiger partial charge < -0.3 is 9.55 Å². The minimum Gasteiger partial charge on any atom is -0.354 e. The van der Waals surface area contributed by atoms with E-state index in [9.17, 15) is 9.59 Å². The molecule has 150 valence electrons. The summed E-state index contributed by atoms with van der Waals surface area (Å²) in [5.74, 6) is 0.150. The normalized spacial score (nSPS) is 16.7. The number of nitrogens with one attached hydrogen (secondary N) is 2. The Kier molecular flexibility index (Phi) is 5.14. The van der Waals surface area contributed by atoms with Crippen molar-refractivity contribution in [1.82, 2.24) is 14.5 Å². The first-order valence-corrected chi connectivity index (χ1v) is 10.1. The zero-order valence-electron chi connectivity index (χ0n) is 17.2. The van der Waals surface area contributed by atoms with E-state index < -0.39 is 5.69 Å². The van der Waals surface area contributed by atoms with Gasteiger partial charge in [-0.25, -0.2) is 4.79 Å². The second-order valence-corrected chi connectivity index (χ2v) is 8.05. The molecule has 1 aliphatic carbocycles. The maximum atomic E-state index is 12.6. The fourth-order valence-electron chi connectivity index (χ4n) is 4.58. The average molecular weight is 389 g/mol. The summed E-state index contributed by atoms with van der Waals surface area (Å²) in [7, 11) is 2.08. The fourth-order valence-corrected chi connectivity index (χ4v) is 4.58. The summed E-state index contributed by atoms with van der Waals surface area (Å²) in [4.78, 5) is 29.9. The predicted molar refractivity (Wildman–Crippen MR) is 116 cm³/mol. The van der Waals surface area contributed by atoms with E-state index in [2.05, 4.69) is 47.7 Å². The Hall–Kier alpha value is -3.08. The van der Waals surface area contributed by atoms with Crippen LogP contribution in [0.25, 0.3) is 5.57 Å². The highest BCUT2D eigenvalue weighted by atomic mass is 16.2. The van der Waals surface area contributed by atoms with Crippen molar-refractivity contribution in [2.45, 2.75) is 45.4 Å². The van der Waals surface area contributed by atoms with E-state index in [4.69, 9.17) is 0 Å². The fraction of sp³-hybridized carbons (Fsp3) is 0.333. The summed E-state index contributed by atoms with van der Waals surface area (Å²) >= 11 is 0. The van der Waals surface area contributed by atoms with Crippen molar-refractivity contribution in [1.29, 1.82) is 0 Å². The Labute approximate surface area is 170 Å². The summed E-state index contributed by atoms with van der Waals surface area (Å²) in [6.45, 7) is 4.31. The van der Waals surface area contributed by atoms with E-state index in [0.29, 0.717) is 12.0 Å². The van der Waals surface area contributed by atoms with Gasteiger partial charge in [0.2, 0.25) is 0 Å². The Morgan fingerprint density at radius 3 is 2.48 bits per heavy atom. The molecular formula is C24H27N3O2. The molecule has 1 aromatic carbocycles. The van der Waals surface area contributed by atoms with Crippen LogP contribution in [0.5, 0.6) is 0 Å². The van der Waals surface area contributed by atoms with Gasteiger partial charge >= 0.3 is 5.69 Å². The second-order valence-electron chi connectivity index (χ2n) is 8.05. The molecule has 1 aliphatic rings. The van der Waals surface area contributed by atoms with Gasteiger partial charge in [-0.1, -0.05) is 36.4 Å². The molecule has 2 aromatic heterocycles. The zero-order valence-corrected chi connectivity index (χ0v) is 17.2. The van der Waals surface area contributed by atoms with Crippen molar-refractivity contribution < 1.29 is 0 Å². The molecule has 0 saturated carbocycles. The van der Waals surface area contributed by atoms with Crippen molar-refractivity contribution in [2.75, 3.05) is 0 Å². The molecule has 2 N–H and O–H groups in total. The number of allylic oxidation sites excluding steroid dienone is 2. The van der Waals surface area contributed by atoms with Gasteiger partial charge in [0.05, 0.1) is 0 Å². The van der Waals surface area contributed by atoms with Crippen LogP contribution in [0, 0.1) is 13.8 Å². The lowest BCUT2D eigenvalue weighted by Gasteiger charge is -2.24. The predicted octanol–water partition coefficient (Wildman–Crippen LogP) is 3.96. The summed E-state index contributed by atoms with van der Waals surface area (Å²) in [6.07, 6.45) is 7.66. The van der Waals surface area contributed by atoms with Crippen LogP contribution >= 0.6 is 0 Å². The number of aromatic nitrogens is 3. The van der Waals surface area contributed by atoms with Crippen LogP contribution in [0.3, 0.4) is 0 Å². The minimum absolute atomic E-state index is 0.150. The third kappa shape index (κ3) is 3.77. The largest absolute Gasteiger partial charge is 0.354 e. The topological polar surface area (TPSA) is 70.7 Å². The molecule has 5 heteroatoms. The average Bonchev–Trinajstić information content (AvgIpc) is 2.96. The third-order valence-corrected chi connectivity index (χ3v) is 6.11. The molecule has 1 atom stereocenters. The van der Waals surface area contributed by atoms with Crippen molar-refractivity contribution in [3.8, 4) is 0 Å².